The van der Waals surface area contributed by atoms with E-state index in [1.807, 2.05) is 75.4 Å². The smallest absolute Gasteiger partial charge is 0.119 e. The number of ether oxygens (including phenoxy) is 1. The highest BCUT2D eigenvalue weighted by molar-refractivity contribution is 5.33. The first kappa shape index (κ1) is 16.0. The Kier molecular flexibility index (Phi) is 4.17. The van der Waals surface area contributed by atoms with Crippen LogP contribution >= 0.6 is 0 Å². The summed E-state index contributed by atoms with van der Waals surface area (Å²) in [6.07, 6.45) is 1.80. The maximum absolute atomic E-state index is 12.6. The molecule has 0 aliphatic carbocycles. The van der Waals surface area contributed by atoms with Gasteiger partial charge in [-0.3, -0.25) is 0 Å². The van der Waals surface area contributed by atoms with Crippen LogP contribution in [0, 0.1) is 0 Å². The lowest BCUT2D eigenvalue weighted by atomic mass is 9.90. The number of hydrogen-bond acceptors (Lipinski definition) is 2. The first-order chi connectivity index (χ1) is 10.9. The van der Waals surface area contributed by atoms with Crippen molar-refractivity contribution in [2.24, 2.45) is 0 Å². The van der Waals surface area contributed by atoms with E-state index < -0.39 is 5.54 Å². The third kappa shape index (κ3) is 3.12. The molecule has 3 nitrogen and oxygen atoms in total. The van der Waals surface area contributed by atoms with Gasteiger partial charge in [0.25, 0.3) is 0 Å². The second kappa shape index (κ2) is 5.99. The summed E-state index contributed by atoms with van der Waals surface area (Å²) in [6.45, 7) is 6.62. The van der Waals surface area contributed by atoms with Gasteiger partial charge >= 0.3 is 0 Å². The van der Waals surface area contributed by atoms with E-state index in [0.29, 0.717) is 6.61 Å². The van der Waals surface area contributed by atoms with E-state index in [2.05, 4.69) is 0 Å². The van der Waals surface area contributed by atoms with Gasteiger partial charge in [-0.15, -0.1) is 10.3 Å². The molecule has 0 bridgehead atoms. The van der Waals surface area contributed by atoms with Crippen molar-refractivity contribution in [2.75, 3.05) is 0 Å². The zero-order valence-electron chi connectivity index (χ0n) is 14.1. The van der Waals surface area contributed by atoms with Crippen LogP contribution in [0.4, 0.5) is 0 Å². The molecule has 121 valence electrons. The molecule has 1 atom stereocenters. The van der Waals surface area contributed by atoms with E-state index in [-0.39, 0.29) is 5.54 Å². The maximum atomic E-state index is 12.6. The highest BCUT2D eigenvalue weighted by Gasteiger charge is 2.49. The fourth-order valence-corrected chi connectivity index (χ4v) is 3.33. The molecule has 2 aromatic carbocycles. The topological polar surface area (TPSA) is 32.4 Å². The summed E-state index contributed by atoms with van der Waals surface area (Å²) in [7, 11) is 0. The Morgan fingerprint density at radius 2 is 1.61 bits per heavy atom. The van der Waals surface area contributed by atoms with Crippen molar-refractivity contribution >= 4 is 0 Å². The van der Waals surface area contributed by atoms with Gasteiger partial charge in [-0.1, -0.05) is 42.5 Å². The molecule has 23 heavy (non-hydrogen) atoms. The predicted octanol–water partition coefficient (Wildman–Crippen LogP) is 4.70. The zero-order valence-corrected chi connectivity index (χ0v) is 14.1. The molecule has 0 aromatic heterocycles. The monoisotopic (exact) mass is 310 g/mol. The summed E-state index contributed by atoms with van der Waals surface area (Å²) in [5.74, 6) is 0.830. The summed E-state index contributed by atoms with van der Waals surface area (Å²) in [4.78, 5) is 0. The van der Waals surface area contributed by atoms with Gasteiger partial charge in [-0.25, -0.2) is 0 Å². The maximum Gasteiger partial charge on any atom is 0.119 e. The molecule has 1 aliphatic heterocycles. The minimum Gasteiger partial charge on any atom is -0.489 e. The molecule has 3 heteroatoms. The van der Waals surface area contributed by atoms with Gasteiger partial charge in [0.05, 0.1) is 5.54 Å². The lowest BCUT2D eigenvalue weighted by Crippen LogP contribution is -2.44. The summed E-state index contributed by atoms with van der Waals surface area (Å²) < 4.78 is 5.82. The van der Waals surface area contributed by atoms with Gasteiger partial charge in [0.1, 0.15) is 12.4 Å². The third-order valence-corrected chi connectivity index (χ3v) is 4.95. The molecule has 3 rings (SSSR count). The summed E-state index contributed by atoms with van der Waals surface area (Å²) in [5, 5.41) is 13.9. The van der Waals surface area contributed by atoms with E-state index >= 15 is 0 Å². The largest absolute Gasteiger partial charge is 0.489 e. The van der Waals surface area contributed by atoms with Gasteiger partial charge in [-0.05, 0) is 56.9 Å². The number of benzene rings is 2. The van der Waals surface area contributed by atoms with Crippen LogP contribution in [0.1, 0.15) is 44.7 Å². The molecule has 0 spiro atoms. The Labute approximate surface area is 138 Å². The second-order valence-electron chi connectivity index (χ2n) is 7.18. The number of hydrogen-bond donors (Lipinski definition) is 0. The summed E-state index contributed by atoms with van der Waals surface area (Å²) in [6, 6.07) is 18.1. The molecule has 1 saturated heterocycles. The standard InChI is InChI=1S/C20H24NO2/c1-19(2)13-14-20(3,21(19)22)17-9-11-18(12-10-17)23-15-16-7-5-4-6-8-16/h4-12H,13-15H2,1-3H3. The lowest BCUT2D eigenvalue weighted by Gasteiger charge is -2.35. The summed E-state index contributed by atoms with van der Waals surface area (Å²) in [5.41, 5.74) is 1.47. The molecule has 1 unspecified atom stereocenters. The van der Waals surface area contributed by atoms with Crippen LogP contribution in [0.2, 0.25) is 0 Å². The molecule has 0 amide bonds. The van der Waals surface area contributed by atoms with Crippen molar-refractivity contribution in [3.05, 3.63) is 65.7 Å². The van der Waals surface area contributed by atoms with Crippen molar-refractivity contribution < 1.29 is 9.94 Å². The molecule has 2 aromatic rings. The van der Waals surface area contributed by atoms with Crippen molar-refractivity contribution in [3.63, 3.8) is 0 Å². The molecule has 0 saturated carbocycles. The highest BCUT2D eigenvalue weighted by Crippen LogP contribution is 2.46. The number of rotatable bonds is 4. The fourth-order valence-electron chi connectivity index (χ4n) is 3.33. The average Bonchev–Trinajstić information content (AvgIpc) is 2.79. The first-order valence-corrected chi connectivity index (χ1v) is 8.17. The van der Waals surface area contributed by atoms with Crippen molar-refractivity contribution in [1.82, 2.24) is 5.06 Å². The Hall–Kier alpha value is -1.84. The lowest BCUT2D eigenvalue weighted by molar-refractivity contribution is -0.252. The number of hydroxylamine groups is 2. The first-order valence-electron chi connectivity index (χ1n) is 8.17. The van der Waals surface area contributed by atoms with Gasteiger partial charge in [0, 0.05) is 5.54 Å². The van der Waals surface area contributed by atoms with Crippen molar-refractivity contribution in [3.8, 4) is 5.75 Å². The van der Waals surface area contributed by atoms with Gasteiger partial charge in [0.2, 0.25) is 0 Å². The van der Waals surface area contributed by atoms with Crippen LogP contribution in [0.3, 0.4) is 0 Å². The number of nitrogens with zero attached hydrogens (tertiary/aromatic N) is 1. The summed E-state index contributed by atoms with van der Waals surface area (Å²) >= 11 is 0. The van der Waals surface area contributed by atoms with Crippen molar-refractivity contribution in [2.45, 2.75) is 51.3 Å². The quantitative estimate of drug-likeness (QED) is 0.820. The normalized spacial score (nSPS) is 23.8. The molecule has 1 fully saturated rings. The molecular weight excluding hydrogens is 286 g/mol. The van der Waals surface area contributed by atoms with Crippen LogP contribution in [0.15, 0.2) is 54.6 Å². The zero-order chi connectivity index (χ0) is 16.5. The third-order valence-electron chi connectivity index (χ3n) is 4.95. The van der Waals surface area contributed by atoms with E-state index in [4.69, 9.17) is 4.74 Å². The molecule has 1 heterocycles. The van der Waals surface area contributed by atoms with Crippen LogP contribution in [-0.2, 0) is 17.4 Å². The molecular formula is C20H24NO2. The SMILES string of the molecule is CC1(C)CCC(C)(c2ccc(OCc3ccccc3)cc2)N1[O]. The fraction of sp³-hybridized carbons (Fsp3) is 0.400. The minimum atomic E-state index is -0.443. The highest BCUT2D eigenvalue weighted by atomic mass is 16.5. The molecule has 1 radical (unpaired) electrons. The molecule has 0 N–H and O–H groups in total. The van der Waals surface area contributed by atoms with Crippen LogP contribution in [0.25, 0.3) is 0 Å². The van der Waals surface area contributed by atoms with E-state index in [1.54, 1.807) is 0 Å². The Morgan fingerprint density at radius 1 is 0.957 bits per heavy atom. The van der Waals surface area contributed by atoms with Crippen LogP contribution in [-0.4, -0.2) is 10.6 Å². The van der Waals surface area contributed by atoms with E-state index in [9.17, 15) is 5.21 Å². The van der Waals surface area contributed by atoms with Crippen LogP contribution < -0.4 is 4.74 Å². The Morgan fingerprint density at radius 3 is 2.17 bits per heavy atom. The van der Waals surface area contributed by atoms with Gasteiger partial charge < -0.3 is 4.74 Å². The van der Waals surface area contributed by atoms with Crippen molar-refractivity contribution in [1.29, 1.82) is 0 Å². The Balaban J connectivity index is 1.70. The van der Waals surface area contributed by atoms with E-state index in [1.165, 1.54) is 5.06 Å². The average molecular weight is 310 g/mol. The predicted molar refractivity (Wildman–Crippen MR) is 90.4 cm³/mol. The van der Waals surface area contributed by atoms with Gasteiger partial charge in [-0.2, -0.15) is 0 Å². The van der Waals surface area contributed by atoms with E-state index in [0.717, 1.165) is 29.7 Å². The van der Waals surface area contributed by atoms with Crippen LogP contribution in [0.5, 0.6) is 5.75 Å². The molecule has 1 aliphatic rings. The van der Waals surface area contributed by atoms with Gasteiger partial charge in [0.15, 0.2) is 0 Å². The Bertz CT molecular complexity index is 651. The minimum absolute atomic E-state index is 0.294. The second-order valence-corrected chi connectivity index (χ2v) is 7.18.